The van der Waals surface area contributed by atoms with Crippen molar-refractivity contribution in [3.05, 3.63) is 156 Å². The first-order valence-corrected chi connectivity index (χ1v) is 17.6. The van der Waals surface area contributed by atoms with Gasteiger partial charge in [0.05, 0.1) is 0 Å². The van der Waals surface area contributed by atoms with E-state index in [9.17, 15) is 0 Å². The molecule has 0 atom stereocenters. The van der Waals surface area contributed by atoms with E-state index < -0.39 is 0 Å². The fourth-order valence-electron chi connectivity index (χ4n) is 5.82. The van der Waals surface area contributed by atoms with Crippen molar-refractivity contribution in [2.24, 2.45) is 9.98 Å². The van der Waals surface area contributed by atoms with Gasteiger partial charge in [0.2, 0.25) is 0 Å². The Morgan fingerprint density at radius 2 is 0.740 bits per heavy atom. The molecular weight excluding hydrogens is 775 g/mol. The number of hydrogen-bond acceptors (Lipinski definition) is 2. The third-order valence-electron chi connectivity index (χ3n) is 8.52. The molecule has 0 aromatic heterocycles. The van der Waals surface area contributed by atoms with Crippen LogP contribution in [0.15, 0.2) is 107 Å². The van der Waals surface area contributed by atoms with E-state index in [1.807, 2.05) is 12.1 Å². The summed E-state index contributed by atoms with van der Waals surface area (Å²) in [5.41, 5.74) is 9.35. The maximum Gasteiger partial charge on any atom is 4.00 e. The fourth-order valence-corrected chi connectivity index (χ4v) is 5.82. The van der Waals surface area contributed by atoms with E-state index in [1.54, 1.807) is 0 Å². The second-order valence-corrected chi connectivity index (χ2v) is 13.6. The van der Waals surface area contributed by atoms with Gasteiger partial charge >= 0.3 is 25.8 Å². The Hall–Kier alpha value is -3.31. The number of hydrogen-bond donors (Lipinski definition) is 0. The first kappa shape index (κ1) is 44.7. The van der Waals surface area contributed by atoms with Crippen LogP contribution < -0.4 is 0 Å². The van der Waals surface area contributed by atoms with Crippen LogP contribution in [-0.2, 0) is 25.8 Å². The molecule has 0 spiro atoms. The van der Waals surface area contributed by atoms with Crippen LogP contribution in [0, 0.1) is 14.9 Å². The summed E-state index contributed by atoms with van der Waals surface area (Å²) in [4.78, 5) is 10.5. The molecule has 0 saturated heterocycles. The summed E-state index contributed by atoms with van der Waals surface area (Å²) in [6.45, 7) is 19.4. The molecule has 4 aromatic rings. The van der Waals surface area contributed by atoms with Crippen molar-refractivity contribution >= 4 is 23.0 Å². The van der Waals surface area contributed by atoms with E-state index in [0.717, 1.165) is 66.5 Å². The predicted molar refractivity (Wildman–Crippen MR) is 218 cm³/mol. The summed E-state index contributed by atoms with van der Waals surface area (Å²) < 4.78 is 0. The van der Waals surface area contributed by atoms with Gasteiger partial charge in [-0.3, -0.25) is 0 Å². The minimum atomic E-state index is 0. The maximum atomic E-state index is 5.26. The molecule has 0 unspecified atom stereocenters. The van der Waals surface area contributed by atoms with Gasteiger partial charge in [-0.1, -0.05) is 196 Å². The zero-order valence-electron chi connectivity index (χ0n) is 32.4. The molecule has 5 heteroatoms. The number of aliphatic imine (C=N–C) groups is 2. The zero-order valence-corrected chi connectivity index (χ0v) is 36.0. The molecule has 0 fully saturated rings. The molecule has 0 N–H and O–H groups in total. The summed E-state index contributed by atoms with van der Waals surface area (Å²) in [6.07, 6.45) is 3.00. The molecule has 0 radical (unpaired) electrons. The van der Waals surface area contributed by atoms with Crippen LogP contribution >= 0.6 is 0 Å². The minimum absolute atomic E-state index is 0. The normalized spacial score (nSPS) is 11.7. The van der Waals surface area contributed by atoms with Gasteiger partial charge in [0.25, 0.3) is 0 Å². The maximum absolute atomic E-state index is 5.26. The van der Waals surface area contributed by atoms with Crippen LogP contribution in [0.5, 0.6) is 0 Å². The topological polar surface area (TPSA) is 52.9 Å². The van der Waals surface area contributed by atoms with Crippen molar-refractivity contribution in [3.8, 4) is 0 Å². The van der Waals surface area contributed by atoms with Gasteiger partial charge < -0.3 is 35.5 Å². The molecule has 0 aliphatic heterocycles. The van der Waals surface area contributed by atoms with Gasteiger partial charge in [0.1, 0.15) is 0 Å². The average Bonchev–Trinajstić information content (AvgIpc) is 3.07. The molecule has 0 bridgehead atoms. The number of benzene rings is 4. The van der Waals surface area contributed by atoms with Gasteiger partial charge in [-0.2, -0.15) is 0 Å². The monoisotopic (exact) mass is 836 g/mol. The van der Waals surface area contributed by atoms with E-state index in [-0.39, 0.29) is 40.7 Å². The van der Waals surface area contributed by atoms with E-state index in [4.69, 9.17) is 20.6 Å². The van der Waals surface area contributed by atoms with Crippen molar-refractivity contribution < 1.29 is 25.8 Å². The molecule has 0 saturated carbocycles. The van der Waals surface area contributed by atoms with E-state index in [0.29, 0.717) is 23.7 Å². The third-order valence-corrected chi connectivity index (χ3v) is 8.52. The molecule has 4 aromatic carbocycles. The molecule has 4 rings (SSSR count). The summed E-state index contributed by atoms with van der Waals surface area (Å²) in [5.74, 6) is 3.16. The van der Waals surface area contributed by atoms with Gasteiger partial charge in [0, 0.05) is 0 Å². The van der Waals surface area contributed by atoms with E-state index >= 15 is 0 Å². The van der Waals surface area contributed by atoms with Gasteiger partial charge in [-0.15, -0.1) is 0 Å². The number of unbranched alkanes of at least 4 members (excludes halogenated alkanes) is 2. The molecule has 0 aliphatic rings. The number of rotatable bonds is 14. The Kier molecular flexibility index (Phi) is 20.1. The number of nitrogens with zero attached hydrogens (tertiary/aromatic N) is 4. The Morgan fingerprint density at radius 1 is 0.440 bits per heavy atom. The fraction of sp³-hybridized carbons (Fsp3) is 0.378. The van der Waals surface area contributed by atoms with Gasteiger partial charge in [-0.25, -0.2) is 0 Å². The van der Waals surface area contributed by atoms with Crippen LogP contribution in [0.4, 0.5) is 11.4 Å². The standard InChI is InChI=1S/C43H54N4.2CH3.Hf/c1-30(2)36-24-18-25-37(31(3)4)40(36)46-42(34-20-12-9-13-21-34)44-28-16-11-17-29-45-43(35-22-14-10-15-23-35)47-41-38(32(5)6)26-19-27-39(41)33(7)8;;;/h9-10,12-15,18-27,30-33H,11,16-17,28-29H2,1-8H3;2*1H3;/q-2;2*-1;+4. The zero-order chi connectivity index (χ0) is 33.8. The van der Waals surface area contributed by atoms with Crippen LogP contribution in [0.1, 0.15) is 132 Å². The number of para-hydroxylation sites is 2. The quantitative estimate of drug-likeness (QED) is 0.0399. The summed E-state index contributed by atoms with van der Waals surface area (Å²) in [7, 11) is 0. The molecule has 4 nitrogen and oxygen atoms in total. The second kappa shape index (κ2) is 22.5. The Balaban J connectivity index is 0.00000417. The third kappa shape index (κ3) is 12.5. The van der Waals surface area contributed by atoms with Crippen LogP contribution in [-0.4, -0.2) is 24.8 Å². The van der Waals surface area contributed by atoms with E-state index in [2.05, 4.69) is 140 Å². The first-order chi connectivity index (χ1) is 22.7. The van der Waals surface area contributed by atoms with Crippen LogP contribution in [0.3, 0.4) is 0 Å². The van der Waals surface area contributed by atoms with Crippen molar-refractivity contribution in [3.63, 3.8) is 0 Å². The number of amidine groups is 2. The largest absolute Gasteiger partial charge is 4.00 e. The molecule has 50 heavy (non-hydrogen) atoms. The van der Waals surface area contributed by atoms with Crippen molar-refractivity contribution in [2.45, 2.75) is 98.3 Å². The molecule has 0 heterocycles. The molecule has 264 valence electrons. The van der Waals surface area contributed by atoms with E-state index in [1.165, 1.54) is 22.3 Å². The Labute approximate surface area is 324 Å². The van der Waals surface area contributed by atoms with Crippen molar-refractivity contribution in [1.29, 1.82) is 0 Å². The smallest absolute Gasteiger partial charge is 0.465 e. The first-order valence-electron chi connectivity index (χ1n) is 17.6. The van der Waals surface area contributed by atoms with Crippen LogP contribution in [0.25, 0.3) is 10.6 Å². The molecule has 0 aliphatic carbocycles. The second-order valence-electron chi connectivity index (χ2n) is 13.6. The molecule has 0 amide bonds. The summed E-state index contributed by atoms with van der Waals surface area (Å²) in [6, 6.07) is 34.0. The van der Waals surface area contributed by atoms with Gasteiger partial charge in [0.15, 0.2) is 0 Å². The SMILES string of the molecule is CC(C)c1cccc(C(C)C)c1N=C([N-]CCCCC[N-]C(=Nc1c(C(C)C)cccc1C(C)C)c1ccccc1)c1ccccc1.[CH3-].[CH3-].[Hf+4]. The van der Waals surface area contributed by atoms with Crippen LogP contribution in [0.2, 0.25) is 0 Å². The Bertz CT molecular complexity index is 1430. The van der Waals surface area contributed by atoms with Gasteiger partial charge in [-0.05, 0) is 68.4 Å². The average molecular weight is 835 g/mol. The molecular formula is C45H60HfN4. The summed E-state index contributed by atoms with van der Waals surface area (Å²) >= 11 is 0. The van der Waals surface area contributed by atoms with Crippen molar-refractivity contribution in [1.82, 2.24) is 0 Å². The summed E-state index contributed by atoms with van der Waals surface area (Å²) in [5, 5.41) is 10.1. The Morgan fingerprint density at radius 3 is 1.02 bits per heavy atom. The minimum Gasteiger partial charge on any atom is -0.465 e. The predicted octanol–water partition coefficient (Wildman–Crippen LogP) is 13.9. The van der Waals surface area contributed by atoms with Crippen molar-refractivity contribution in [2.75, 3.05) is 13.1 Å².